The Balaban J connectivity index is 0.000000380. The molecule has 0 bridgehead atoms. The summed E-state index contributed by atoms with van der Waals surface area (Å²) in [6.07, 6.45) is 6.56. The summed E-state index contributed by atoms with van der Waals surface area (Å²) < 4.78 is 5.85. The van der Waals surface area contributed by atoms with E-state index < -0.39 is 11.9 Å². The molecule has 8 nitrogen and oxygen atoms in total. The zero-order valence-electron chi connectivity index (χ0n) is 15.0. The predicted molar refractivity (Wildman–Crippen MR) is 100 cm³/mol. The van der Waals surface area contributed by atoms with Crippen LogP contribution in [0.15, 0.2) is 48.9 Å². The number of H-pyrrole nitrogens is 1. The molecule has 0 aliphatic carbocycles. The molecule has 0 spiro atoms. The molecule has 0 atom stereocenters. The number of carbonyl (C=O) groups is 2. The van der Waals surface area contributed by atoms with Crippen molar-refractivity contribution >= 4 is 22.8 Å². The van der Waals surface area contributed by atoms with Gasteiger partial charge in [0.05, 0.1) is 6.20 Å². The highest BCUT2D eigenvalue weighted by Gasteiger charge is 2.06. The highest BCUT2D eigenvalue weighted by Crippen LogP contribution is 2.27. The molecule has 8 heteroatoms. The van der Waals surface area contributed by atoms with E-state index in [1.165, 1.54) is 10.9 Å². The lowest BCUT2D eigenvalue weighted by Gasteiger charge is -2.09. The Labute approximate surface area is 156 Å². The third-order valence-electron chi connectivity index (χ3n) is 3.62. The van der Waals surface area contributed by atoms with E-state index in [4.69, 9.17) is 24.5 Å². The van der Waals surface area contributed by atoms with Gasteiger partial charge in [-0.05, 0) is 56.4 Å². The molecule has 3 aromatic rings. The number of nitrogens with one attached hydrogen (secondary N) is 1. The van der Waals surface area contributed by atoms with Crippen LogP contribution < -0.4 is 4.74 Å². The Kier molecular flexibility index (Phi) is 6.90. The fourth-order valence-corrected chi connectivity index (χ4v) is 2.32. The van der Waals surface area contributed by atoms with E-state index in [-0.39, 0.29) is 0 Å². The molecule has 0 radical (unpaired) electrons. The molecule has 0 saturated carbocycles. The molecule has 0 aliphatic rings. The number of likely N-dealkylation sites (N-methyl/N-ethyl adjacent to an activating group) is 1. The number of benzene rings is 1. The summed E-state index contributed by atoms with van der Waals surface area (Å²) in [6.45, 7) is 1.03. The highest BCUT2D eigenvalue weighted by atomic mass is 16.5. The molecule has 2 aromatic heterocycles. The van der Waals surface area contributed by atoms with E-state index in [2.05, 4.69) is 47.3 Å². The minimum Gasteiger partial charge on any atom is -0.473 e. The second kappa shape index (κ2) is 9.35. The average Bonchev–Trinajstić information content (AvgIpc) is 3.03. The topological polar surface area (TPSA) is 116 Å². The molecule has 0 fully saturated rings. The Hall–Kier alpha value is -3.39. The summed E-state index contributed by atoms with van der Waals surface area (Å²) in [5.41, 5.74) is 2.46. The van der Waals surface area contributed by atoms with Gasteiger partial charge in [0.1, 0.15) is 11.5 Å². The van der Waals surface area contributed by atoms with Crippen LogP contribution in [0.4, 0.5) is 0 Å². The number of nitrogens with zero attached hydrogens (tertiary/aromatic N) is 2. The van der Waals surface area contributed by atoms with Crippen molar-refractivity contribution in [2.24, 2.45) is 0 Å². The van der Waals surface area contributed by atoms with E-state index in [1.807, 2.05) is 18.2 Å². The van der Waals surface area contributed by atoms with Crippen LogP contribution in [-0.2, 0) is 16.0 Å². The molecule has 0 aliphatic heterocycles. The van der Waals surface area contributed by atoms with Gasteiger partial charge in [-0.2, -0.15) is 0 Å². The van der Waals surface area contributed by atoms with Crippen LogP contribution >= 0.6 is 0 Å². The standard InChI is InChI=1S/C17H19N3O.C2H2O4/c1-20(2)9-7-13-11-19-17-6-5-14(10-16(13)17)21-15-4-3-8-18-12-15;3-1(4)2(5)6/h3-6,8,10-12,19H,7,9H2,1-2H3;(H,3,4)(H,5,6). The van der Waals surface area contributed by atoms with Crippen molar-refractivity contribution in [1.82, 2.24) is 14.9 Å². The van der Waals surface area contributed by atoms with E-state index in [0.29, 0.717) is 0 Å². The Morgan fingerprint density at radius 1 is 1.15 bits per heavy atom. The van der Waals surface area contributed by atoms with Crippen molar-refractivity contribution in [3.05, 3.63) is 54.5 Å². The molecule has 3 rings (SSSR count). The summed E-state index contributed by atoms with van der Waals surface area (Å²) >= 11 is 0. The van der Waals surface area contributed by atoms with Gasteiger partial charge in [-0.3, -0.25) is 4.98 Å². The molecule has 0 unspecified atom stereocenters. The smallest absolute Gasteiger partial charge is 0.414 e. The molecular weight excluding hydrogens is 350 g/mol. The normalized spacial score (nSPS) is 10.3. The fraction of sp³-hybridized carbons (Fsp3) is 0.211. The van der Waals surface area contributed by atoms with Crippen molar-refractivity contribution in [2.75, 3.05) is 20.6 Å². The number of aromatic nitrogens is 2. The minimum atomic E-state index is -1.82. The zero-order valence-corrected chi connectivity index (χ0v) is 15.0. The van der Waals surface area contributed by atoms with Gasteiger partial charge in [0, 0.05) is 29.8 Å². The van der Waals surface area contributed by atoms with Crippen LogP contribution in [0.5, 0.6) is 11.5 Å². The molecule has 3 N–H and O–H groups in total. The molecule has 0 amide bonds. The predicted octanol–water partition coefficient (Wildman–Crippen LogP) is 2.61. The minimum absolute atomic E-state index is 0.752. The zero-order chi connectivity index (χ0) is 19.8. The van der Waals surface area contributed by atoms with Crippen LogP contribution in [-0.4, -0.2) is 57.7 Å². The number of hydrogen-bond donors (Lipinski definition) is 3. The molecule has 142 valence electrons. The number of rotatable bonds is 5. The van der Waals surface area contributed by atoms with Gasteiger partial charge in [0.25, 0.3) is 0 Å². The molecular formula is C19H21N3O5. The first kappa shape index (κ1) is 19.9. The average molecular weight is 371 g/mol. The number of aromatic amines is 1. The molecule has 1 aromatic carbocycles. The summed E-state index contributed by atoms with van der Waals surface area (Å²) in [4.78, 5) is 27.8. The summed E-state index contributed by atoms with van der Waals surface area (Å²) in [7, 11) is 4.18. The molecule has 2 heterocycles. The number of pyridine rings is 1. The first-order valence-corrected chi connectivity index (χ1v) is 8.15. The monoisotopic (exact) mass is 371 g/mol. The Bertz CT molecular complexity index is 894. The van der Waals surface area contributed by atoms with Crippen LogP contribution in [0.2, 0.25) is 0 Å². The maximum absolute atomic E-state index is 9.10. The number of ether oxygens (including phenoxy) is 1. The van der Waals surface area contributed by atoms with Crippen LogP contribution in [0.3, 0.4) is 0 Å². The van der Waals surface area contributed by atoms with E-state index in [0.717, 1.165) is 30.0 Å². The van der Waals surface area contributed by atoms with Crippen molar-refractivity contribution < 1.29 is 24.5 Å². The molecule has 27 heavy (non-hydrogen) atoms. The Morgan fingerprint density at radius 2 is 1.89 bits per heavy atom. The van der Waals surface area contributed by atoms with Gasteiger partial charge < -0.3 is 24.8 Å². The van der Waals surface area contributed by atoms with Gasteiger partial charge >= 0.3 is 11.9 Å². The Morgan fingerprint density at radius 3 is 2.48 bits per heavy atom. The molecule has 0 saturated heterocycles. The van der Waals surface area contributed by atoms with Gasteiger partial charge in [-0.1, -0.05) is 0 Å². The van der Waals surface area contributed by atoms with Crippen LogP contribution in [0.1, 0.15) is 5.56 Å². The van der Waals surface area contributed by atoms with E-state index >= 15 is 0 Å². The maximum atomic E-state index is 9.10. The summed E-state index contributed by atoms with van der Waals surface area (Å²) in [5, 5.41) is 16.0. The number of carboxylic acid groups (broad SMARTS) is 2. The summed E-state index contributed by atoms with van der Waals surface area (Å²) in [6, 6.07) is 9.89. The first-order chi connectivity index (χ1) is 12.9. The summed E-state index contributed by atoms with van der Waals surface area (Å²) in [5.74, 6) is -2.06. The van der Waals surface area contributed by atoms with Gasteiger partial charge in [-0.25, -0.2) is 9.59 Å². The van der Waals surface area contributed by atoms with Crippen molar-refractivity contribution in [3.63, 3.8) is 0 Å². The van der Waals surface area contributed by atoms with Gasteiger partial charge in [0.2, 0.25) is 0 Å². The second-order valence-electron chi connectivity index (χ2n) is 5.98. The lowest BCUT2D eigenvalue weighted by molar-refractivity contribution is -0.159. The van der Waals surface area contributed by atoms with Crippen LogP contribution in [0, 0.1) is 0 Å². The number of hydrogen-bond acceptors (Lipinski definition) is 5. The van der Waals surface area contributed by atoms with Crippen molar-refractivity contribution in [2.45, 2.75) is 6.42 Å². The third-order valence-corrected chi connectivity index (χ3v) is 3.62. The number of aliphatic carboxylic acids is 2. The quantitative estimate of drug-likeness (QED) is 0.590. The van der Waals surface area contributed by atoms with E-state index in [1.54, 1.807) is 12.4 Å². The third kappa shape index (κ3) is 6.12. The maximum Gasteiger partial charge on any atom is 0.414 e. The first-order valence-electron chi connectivity index (χ1n) is 8.15. The lowest BCUT2D eigenvalue weighted by atomic mass is 10.1. The van der Waals surface area contributed by atoms with E-state index in [9.17, 15) is 0 Å². The lowest BCUT2D eigenvalue weighted by Crippen LogP contribution is -2.14. The largest absolute Gasteiger partial charge is 0.473 e. The highest BCUT2D eigenvalue weighted by molar-refractivity contribution is 6.27. The number of carboxylic acids is 2. The SMILES string of the molecule is CN(C)CCc1c[nH]c2ccc(Oc3cccnc3)cc12.O=C(O)C(=O)O. The number of fused-ring (bicyclic) bond motifs is 1. The second-order valence-corrected chi connectivity index (χ2v) is 5.98. The van der Waals surface area contributed by atoms with Crippen molar-refractivity contribution in [3.8, 4) is 11.5 Å². The van der Waals surface area contributed by atoms with Crippen molar-refractivity contribution in [1.29, 1.82) is 0 Å². The van der Waals surface area contributed by atoms with Gasteiger partial charge in [-0.15, -0.1) is 0 Å². The fourth-order valence-electron chi connectivity index (χ4n) is 2.32. The van der Waals surface area contributed by atoms with Crippen LogP contribution in [0.25, 0.3) is 10.9 Å². The van der Waals surface area contributed by atoms with Gasteiger partial charge in [0.15, 0.2) is 0 Å².